The van der Waals surface area contributed by atoms with Gasteiger partial charge in [0.05, 0.1) is 15.2 Å². The molecule has 2 rings (SSSR count). The van der Waals surface area contributed by atoms with Crippen LogP contribution < -0.4 is 5.73 Å². The summed E-state index contributed by atoms with van der Waals surface area (Å²) in [5.74, 6) is 0.565. The van der Waals surface area contributed by atoms with Crippen molar-refractivity contribution >= 4 is 33.2 Å². The summed E-state index contributed by atoms with van der Waals surface area (Å²) in [6, 6.07) is 5.86. The number of nitrogens with two attached hydrogens (primary N) is 1. The average Bonchev–Trinajstić information content (AvgIpc) is 2.67. The quantitative estimate of drug-likeness (QED) is 0.907. The van der Waals surface area contributed by atoms with E-state index in [4.69, 9.17) is 17.3 Å². The van der Waals surface area contributed by atoms with Crippen LogP contribution >= 0.6 is 22.9 Å². The van der Waals surface area contributed by atoms with Gasteiger partial charge in [0.1, 0.15) is 0 Å². The lowest BCUT2D eigenvalue weighted by Gasteiger charge is -2.04. The number of fused-ring (bicyclic) bond motifs is 1. The Bertz CT molecular complexity index is 481. The number of benzene rings is 1. The maximum absolute atomic E-state index is 5.93. The van der Waals surface area contributed by atoms with Gasteiger partial charge in [-0.15, -0.1) is 11.3 Å². The molecule has 1 aromatic carbocycles. The number of thiazole rings is 1. The third-order valence-corrected chi connectivity index (χ3v) is 3.98. The highest BCUT2D eigenvalue weighted by Crippen LogP contribution is 2.26. The first-order chi connectivity index (χ1) is 7.69. The van der Waals surface area contributed by atoms with Crippen LogP contribution in [0.15, 0.2) is 18.2 Å². The number of nitrogens with zero attached hydrogens (tertiary/aromatic N) is 1. The van der Waals surface area contributed by atoms with Gasteiger partial charge in [-0.1, -0.05) is 18.5 Å². The molecule has 0 aliphatic heterocycles. The van der Waals surface area contributed by atoms with Gasteiger partial charge in [0.15, 0.2) is 0 Å². The smallest absolute Gasteiger partial charge is 0.0938 e. The van der Waals surface area contributed by atoms with E-state index in [1.807, 2.05) is 18.2 Å². The van der Waals surface area contributed by atoms with Crippen molar-refractivity contribution in [3.63, 3.8) is 0 Å². The second-order valence-corrected chi connectivity index (χ2v) is 5.65. The maximum Gasteiger partial charge on any atom is 0.0938 e. The molecule has 1 atom stereocenters. The number of hydrogen-bond acceptors (Lipinski definition) is 3. The van der Waals surface area contributed by atoms with Crippen LogP contribution in [0, 0.1) is 5.92 Å². The van der Waals surface area contributed by atoms with Crippen LogP contribution in [-0.4, -0.2) is 11.5 Å². The molecule has 0 spiro atoms. The van der Waals surface area contributed by atoms with Gasteiger partial charge >= 0.3 is 0 Å². The minimum absolute atomic E-state index is 0.565. The van der Waals surface area contributed by atoms with Gasteiger partial charge in [-0.3, -0.25) is 0 Å². The Balaban J connectivity index is 2.13. The molecule has 1 unspecified atom stereocenters. The molecule has 2 aromatic rings. The zero-order valence-corrected chi connectivity index (χ0v) is 10.8. The van der Waals surface area contributed by atoms with E-state index in [0.29, 0.717) is 5.92 Å². The fourth-order valence-electron chi connectivity index (χ4n) is 1.54. The van der Waals surface area contributed by atoms with Crippen LogP contribution in [-0.2, 0) is 6.42 Å². The molecule has 2 N–H and O–H groups in total. The second-order valence-electron chi connectivity index (χ2n) is 4.10. The number of aryl methyl sites for hydroxylation is 1. The topological polar surface area (TPSA) is 38.9 Å². The summed E-state index contributed by atoms with van der Waals surface area (Å²) in [6.45, 7) is 2.92. The van der Waals surface area contributed by atoms with Gasteiger partial charge in [-0.25, -0.2) is 4.98 Å². The van der Waals surface area contributed by atoms with E-state index in [-0.39, 0.29) is 0 Å². The SMILES string of the molecule is CC(CN)CCc1nc2cc(Cl)ccc2s1. The summed E-state index contributed by atoms with van der Waals surface area (Å²) >= 11 is 7.67. The molecule has 16 heavy (non-hydrogen) atoms. The molecular weight excluding hydrogens is 240 g/mol. The number of halogens is 1. The Morgan fingerprint density at radius 1 is 1.50 bits per heavy atom. The standard InChI is InChI=1S/C12H15ClN2S/c1-8(7-14)2-5-12-15-10-6-9(13)3-4-11(10)16-12/h3-4,6,8H,2,5,7,14H2,1H3. The average molecular weight is 255 g/mol. The molecule has 0 bridgehead atoms. The molecule has 0 saturated heterocycles. The molecule has 0 fully saturated rings. The molecule has 0 aliphatic rings. The zero-order chi connectivity index (χ0) is 11.5. The van der Waals surface area contributed by atoms with E-state index in [2.05, 4.69) is 11.9 Å². The third-order valence-electron chi connectivity index (χ3n) is 2.65. The van der Waals surface area contributed by atoms with E-state index < -0.39 is 0 Å². The van der Waals surface area contributed by atoms with E-state index >= 15 is 0 Å². The highest BCUT2D eigenvalue weighted by molar-refractivity contribution is 7.18. The Morgan fingerprint density at radius 3 is 3.06 bits per heavy atom. The number of aromatic nitrogens is 1. The molecule has 0 radical (unpaired) electrons. The first kappa shape index (κ1) is 11.8. The largest absolute Gasteiger partial charge is 0.330 e. The zero-order valence-electron chi connectivity index (χ0n) is 9.24. The minimum atomic E-state index is 0.565. The van der Waals surface area contributed by atoms with Crippen LogP contribution in [0.2, 0.25) is 5.02 Å². The van der Waals surface area contributed by atoms with Gasteiger partial charge in [-0.05, 0) is 43.5 Å². The molecule has 2 nitrogen and oxygen atoms in total. The fraction of sp³-hybridized carbons (Fsp3) is 0.417. The van der Waals surface area contributed by atoms with Crippen molar-refractivity contribution in [2.24, 2.45) is 11.7 Å². The molecule has 4 heteroatoms. The lowest BCUT2D eigenvalue weighted by Crippen LogP contribution is -2.11. The van der Waals surface area contributed by atoms with Crippen LogP contribution in [0.25, 0.3) is 10.2 Å². The van der Waals surface area contributed by atoms with Gasteiger partial charge in [-0.2, -0.15) is 0 Å². The van der Waals surface area contributed by atoms with Crippen molar-refractivity contribution in [3.05, 3.63) is 28.2 Å². The second kappa shape index (κ2) is 5.13. The monoisotopic (exact) mass is 254 g/mol. The lowest BCUT2D eigenvalue weighted by atomic mass is 10.1. The Kier molecular flexibility index (Phi) is 3.79. The number of rotatable bonds is 4. The molecule has 0 amide bonds. The van der Waals surface area contributed by atoms with Crippen molar-refractivity contribution in [2.45, 2.75) is 19.8 Å². The molecule has 1 heterocycles. The van der Waals surface area contributed by atoms with E-state index in [1.165, 1.54) is 9.71 Å². The van der Waals surface area contributed by atoms with Crippen molar-refractivity contribution in [3.8, 4) is 0 Å². The van der Waals surface area contributed by atoms with Crippen LogP contribution in [0.1, 0.15) is 18.4 Å². The highest BCUT2D eigenvalue weighted by atomic mass is 35.5. The van der Waals surface area contributed by atoms with Crippen LogP contribution in [0.4, 0.5) is 0 Å². The Morgan fingerprint density at radius 2 is 2.31 bits per heavy atom. The fourth-order valence-corrected chi connectivity index (χ4v) is 2.67. The van der Waals surface area contributed by atoms with E-state index in [1.54, 1.807) is 11.3 Å². The first-order valence-electron chi connectivity index (χ1n) is 5.44. The summed E-state index contributed by atoms with van der Waals surface area (Å²) in [5, 5.41) is 1.93. The summed E-state index contributed by atoms with van der Waals surface area (Å²) in [6.07, 6.45) is 2.11. The predicted molar refractivity (Wildman–Crippen MR) is 71.2 cm³/mol. The van der Waals surface area contributed by atoms with Gasteiger partial charge in [0, 0.05) is 5.02 Å². The van der Waals surface area contributed by atoms with E-state index in [9.17, 15) is 0 Å². The molecular formula is C12H15ClN2S. The summed E-state index contributed by atoms with van der Waals surface area (Å²) in [7, 11) is 0. The number of hydrogen-bond donors (Lipinski definition) is 1. The van der Waals surface area contributed by atoms with E-state index in [0.717, 1.165) is 29.9 Å². The van der Waals surface area contributed by atoms with Crippen molar-refractivity contribution in [1.29, 1.82) is 0 Å². The van der Waals surface area contributed by atoms with Crippen molar-refractivity contribution < 1.29 is 0 Å². The van der Waals surface area contributed by atoms with Crippen molar-refractivity contribution in [2.75, 3.05) is 6.54 Å². The molecule has 1 aromatic heterocycles. The highest BCUT2D eigenvalue weighted by Gasteiger charge is 2.06. The Hall–Kier alpha value is -0.640. The third kappa shape index (κ3) is 2.73. The lowest BCUT2D eigenvalue weighted by molar-refractivity contribution is 0.544. The molecule has 0 aliphatic carbocycles. The first-order valence-corrected chi connectivity index (χ1v) is 6.63. The van der Waals surface area contributed by atoms with Gasteiger partial charge < -0.3 is 5.73 Å². The summed E-state index contributed by atoms with van der Waals surface area (Å²) in [4.78, 5) is 4.57. The summed E-state index contributed by atoms with van der Waals surface area (Å²) < 4.78 is 1.21. The normalized spacial score (nSPS) is 13.2. The minimum Gasteiger partial charge on any atom is -0.330 e. The van der Waals surface area contributed by atoms with Gasteiger partial charge in [0.2, 0.25) is 0 Å². The van der Waals surface area contributed by atoms with Gasteiger partial charge in [0.25, 0.3) is 0 Å². The predicted octanol–water partition coefficient (Wildman–Crippen LogP) is 3.48. The van der Waals surface area contributed by atoms with Crippen LogP contribution in [0.3, 0.4) is 0 Å². The summed E-state index contributed by atoms with van der Waals surface area (Å²) in [5.41, 5.74) is 6.60. The molecule has 0 saturated carbocycles. The Labute approximate surface area is 104 Å². The van der Waals surface area contributed by atoms with Crippen molar-refractivity contribution in [1.82, 2.24) is 4.98 Å². The van der Waals surface area contributed by atoms with Crippen LogP contribution in [0.5, 0.6) is 0 Å². The maximum atomic E-state index is 5.93. The molecule has 86 valence electrons.